The van der Waals surface area contributed by atoms with Crippen molar-refractivity contribution in [3.8, 4) is 11.5 Å². The second-order valence-corrected chi connectivity index (χ2v) is 4.93. The van der Waals surface area contributed by atoms with Crippen LogP contribution in [0.2, 0.25) is 0 Å². The average molecular weight is 322 g/mol. The van der Waals surface area contributed by atoms with Crippen LogP contribution in [-0.2, 0) is 4.79 Å². The third-order valence-electron chi connectivity index (χ3n) is 3.15. The Morgan fingerprint density at radius 2 is 1.41 bits per heavy atom. The summed E-state index contributed by atoms with van der Waals surface area (Å²) in [7, 11) is 0. The van der Waals surface area contributed by atoms with Gasteiger partial charge < -0.3 is 9.84 Å². The summed E-state index contributed by atoms with van der Waals surface area (Å²) in [6.07, 6.45) is 5.21. The second-order valence-electron chi connectivity index (χ2n) is 4.93. The lowest BCUT2D eigenvalue weighted by molar-refractivity contribution is -0.135. The smallest absolute Gasteiger partial charge is 0.311 e. The molecule has 1 rings (SSSR count). The summed E-state index contributed by atoms with van der Waals surface area (Å²) < 4.78 is 57.3. The molecule has 0 radical (unpaired) electrons. The Kier molecular flexibility index (Phi) is 7.14. The normalized spacial score (nSPS) is 10.8. The summed E-state index contributed by atoms with van der Waals surface area (Å²) in [5.74, 6) is -12.1. The monoisotopic (exact) mass is 322 g/mol. The molecule has 1 N–H and O–H groups in total. The van der Waals surface area contributed by atoms with E-state index in [0.29, 0.717) is 6.42 Å². The molecule has 0 amide bonds. The molecule has 0 fully saturated rings. The SMILES string of the molecule is CCCCCCCCC(=O)Oc1c(F)c(F)c(O)c(F)c1F. The van der Waals surface area contributed by atoms with Crippen LogP contribution in [0, 0.1) is 23.3 Å². The molecular weight excluding hydrogens is 304 g/mol. The van der Waals surface area contributed by atoms with Crippen molar-refractivity contribution in [3.05, 3.63) is 23.3 Å². The highest BCUT2D eigenvalue weighted by atomic mass is 19.2. The van der Waals surface area contributed by atoms with Crippen molar-refractivity contribution < 1.29 is 32.2 Å². The number of hydrogen-bond acceptors (Lipinski definition) is 3. The van der Waals surface area contributed by atoms with Gasteiger partial charge >= 0.3 is 5.97 Å². The van der Waals surface area contributed by atoms with Gasteiger partial charge in [-0.05, 0) is 6.42 Å². The molecule has 0 aliphatic heterocycles. The van der Waals surface area contributed by atoms with Crippen LogP contribution in [-0.4, -0.2) is 11.1 Å². The average Bonchev–Trinajstić information content (AvgIpc) is 2.51. The Morgan fingerprint density at radius 1 is 0.909 bits per heavy atom. The Balaban J connectivity index is 2.58. The van der Waals surface area contributed by atoms with Crippen molar-refractivity contribution in [1.29, 1.82) is 0 Å². The minimum absolute atomic E-state index is 0.116. The molecule has 0 aliphatic rings. The minimum Gasteiger partial charge on any atom is -0.503 e. The lowest BCUT2D eigenvalue weighted by Crippen LogP contribution is -2.12. The number of esters is 1. The van der Waals surface area contributed by atoms with Crippen LogP contribution in [0.15, 0.2) is 0 Å². The van der Waals surface area contributed by atoms with Gasteiger partial charge in [-0.1, -0.05) is 39.0 Å². The van der Waals surface area contributed by atoms with E-state index >= 15 is 0 Å². The highest BCUT2D eigenvalue weighted by Crippen LogP contribution is 2.33. The molecule has 7 heteroatoms. The molecule has 0 unspecified atom stereocenters. The summed E-state index contributed by atoms with van der Waals surface area (Å²) in [6.45, 7) is 2.07. The first-order chi connectivity index (χ1) is 10.4. The quantitative estimate of drug-likeness (QED) is 0.250. The number of benzene rings is 1. The molecule has 3 nitrogen and oxygen atoms in total. The fourth-order valence-corrected chi connectivity index (χ4v) is 1.90. The van der Waals surface area contributed by atoms with E-state index in [2.05, 4.69) is 11.7 Å². The molecule has 1 aromatic rings. The molecular formula is C15H18F4O3. The number of phenolic OH excluding ortho intramolecular Hbond substituents is 1. The van der Waals surface area contributed by atoms with Crippen LogP contribution in [0.3, 0.4) is 0 Å². The fraction of sp³-hybridized carbons (Fsp3) is 0.533. The number of unbranched alkanes of at least 4 members (excludes halogenated alkanes) is 5. The van der Waals surface area contributed by atoms with E-state index in [-0.39, 0.29) is 6.42 Å². The zero-order chi connectivity index (χ0) is 16.7. The number of hydrogen-bond donors (Lipinski definition) is 1. The number of carbonyl (C=O) groups is 1. The van der Waals surface area contributed by atoms with Gasteiger partial charge in [0.25, 0.3) is 0 Å². The van der Waals surface area contributed by atoms with E-state index in [0.717, 1.165) is 32.1 Å². The van der Waals surface area contributed by atoms with Crippen LogP contribution in [0.25, 0.3) is 0 Å². The Hall–Kier alpha value is -1.79. The van der Waals surface area contributed by atoms with Crippen LogP contribution in [0.4, 0.5) is 17.6 Å². The van der Waals surface area contributed by atoms with Gasteiger partial charge in [-0.15, -0.1) is 0 Å². The Morgan fingerprint density at radius 3 is 1.95 bits per heavy atom. The third-order valence-corrected chi connectivity index (χ3v) is 3.15. The molecule has 0 aliphatic carbocycles. The molecule has 0 atom stereocenters. The standard InChI is InChI=1S/C15H18F4O3/c1-2-3-4-5-6-7-8-9(20)22-15-12(18)10(16)14(21)11(17)13(15)19/h21H,2-8H2,1H3. The minimum atomic E-state index is -2.00. The first-order valence-corrected chi connectivity index (χ1v) is 7.15. The van der Waals surface area contributed by atoms with Gasteiger partial charge in [0.1, 0.15) is 0 Å². The maximum atomic E-state index is 13.4. The third kappa shape index (κ3) is 4.61. The Labute approximate surface area is 125 Å². The maximum absolute atomic E-state index is 13.4. The van der Waals surface area contributed by atoms with Crippen molar-refractivity contribution in [2.45, 2.75) is 51.9 Å². The largest absolute Gasteiger partial charge is 0.503 e. The lowest BCUT2D eigenvalue weighted by Gasteiger charge is -2.09. The van der Waals surface area contributed by atoms with Crippen LogP contribution >= 0.6 is 0 Å². The maximum Gasteiger partial charge on any atom is 0.311 e. The summed E-state index contributed by atoms with van der Waals surface area (Å²) in [6, 6.07) is 0. The van der Waals surface area contributed by atoms with Gasteiger partial charge in [-0.2, -0.15) is 17.6 Å². The lowest BCUT2D eigenvalue weighted by atomic mass is 10.1. The van der Waals surface area contributed by atoms with E-state index in [1.54, 1.807) is 0 Å². The van der Waals surface area contributed by atoms with Crippen molar-refractivity contribution in [3.63, 3.8) is 0 Å². The summed E-state index contributed by atoms with van der Waals surface area (Å²) in [5, 5.41) is 8.80. The number of aromatic hydroxyl groups is 1. The molecule has 0 spiro atoms. The number of phenols is 1. The molecule has 0 bridgehead atoms. The molecule has 0 saturated heterocycles. The van der Waals surface area contributed by atoms with Gasteiger partial charge in [0.2, 0.25) is 29.0 Å². The predicted octanol–water partition coefficient (Wildman–Crippen LogP) is 4.60. The zero-order valence-corrected chi connectivity index (χ0v) is 12.2. The van der Waals surface area contributed by atoms with Gasteiger partial charge in [0, 0.05) is 6.42 Å². The van der Waals surface area contributed by atoms with E-state index in [1.807, 2.05) is 0 Å². The molecule has 1 aromatic carbocycles. The van der Waals surface area contributed by atoms with Crippen LogP contribution < -0.4 is 4.74 Å². The summed E-state index contributed by atoms with van der Waals surface area (Å²) >= 11 is 0. The highest BCUT2D eigenvalue weighted by molar-refractivity contribution is 5.72. The molecule has 0 saturated carbocycles. The Bertz CT molecular complexity index is 503. The van der Waals surface area contributed by atoms with Gasteiger partial charge in [-0.3, -0.25) is 4.79 Å². The molecule has 22 heavy (non-hydrogen) atoms. The fourth-order valence-electron chi connectivity index (χ4n) is 1.90. The summed E-state index contributed by atoms with van der Waals surface area (Å²) in [4.78, 5) is 11.5. The topological polar surface area (TPSA) is 46.5 Å². The van der Waals surface area contributed by atoms with Gasteiger partial charge in [-0.25, -0.2) is 0 Å². The molecule has 0 heterocycles. The zero-order valence-electron chi connectivity index (χ0n) is 12.2. The first kappa shape index (κ1) is 18.3. The molecule has 124 valence electrons. The van der Waals surface area contributed by atoms with E-state index < -0.39 is 40.7 Å². The van der Waals surface area contributed by atoms with E-state index in [9.17, 15) is 22.4 Å². The first-order valence-electron chi connectivity index (χ1n) is 7.15. The number of carbonyl (C=O) groups excluding carboxylic acids is 1. The predicted molar refractivity (Wildman–Crippen MR) is 71.6 cm³/mol. The number of rotatable bonds is 8. The molecule has 0 aromatic heterocycles. The second kappa shape index (κ2) is 8.60. The van der Waals surface area contributed by atoms with Crippen LogP contribution in [0.5, 0.6) is 11.5 Å². The van der Waals surface area contributed by atoms with Crippen LogP contribution in [0.1, 0.15) is 51.9 Å². The highest BCUT2D eigenvalue weighted by Gasteiger charge is 2.27. The van der Waals surface area contributed by atoms with Gasteiger partial charge in [0.05, 0.1) is 0 Å². The summed E-state index contributed by atoms with van der Waals surface area (Å²) in [5.41, 5.74) is 0. The van der Waals surface area contributed by atoms with Crippen molar-refractivity contribution in [1.82, 2.24) is 0 Å². The van der Waals surface area contributed by atoms with Crippen molar-refractivity contribution >= 4 is 5.97 Å². The van der Waals surface area contributed by atoms with Crippen molar-refractivity contribution in [2.24, 2.45) is 0 Å². The van der Waals surface area contributed by atoms with E-state index in [4.69, 9.17) is 5.11 Å². The van der Waals surface area contributed by atoms with Crippen molar-refractivity contribution in [2.75, 3.05) is 0 Å². The van der Waals surface area contributed by atoms with E-state index in [1.165, 1.54) is 0 Å². The number of halogens is 4. The van der Waals surface area contributed by atoms with Gasteiger partial charge in [0.15, 0.2) is 5.75 Å². The number of ether oxygens (including phenoxy) is 1.